The number of aromatic nitrogens is 1. The van der Waals surface area contributed by atoms with Crippen LogP contribution in [0.5, 0.6) is 0 Å². The fraction of sp³-hybridized carbons (Fsp3) is 0.154. The molecule has 2 rings (SSSR count). The maximum Gasteiger partial charge on any atom is 0.0750 e. The van der Waals surface area contributed by atoms with Crippen molar-refractivity contribution >= 4 is 34.8 Å². The highest BCUT2D eigenvalue weighted by Gasteiger charge is 2.12. The number of pyridine rings is 1. The smallest absolute Gasteiger partial charge is 0.0750 e. The molecule has 0 radical (unpaired) electrons. The average molecular weight is 287 g/mol. The van der Waals surface area contributed by atoms with Crippen LogP contribution in [0.2, 0.25) is 15.1 Å². The molecule has 0 amide bonds. The van der Waals surface area contributed by atoms with Crippen molar-refractivity contribution in [2.24, 2.45) is 0 Å². The topological polar surface area (TPSA) is 12.9 Å². The lowest BCUT2D eigenvalue weighted by Gasteiger charge is -2.10. The highest BCUT2D eigenvalue weighted by Crippen LogP contribution is 2.36. The number of halogens is 3. The molecule has 88 valence electrons. The Labute approximate surface area is 115 Å². The van der Waals surface area contributed by atoms with Crippen molar-refractivity contribution in [2.75, 3.05) is 0 Å². The van der Waals surface area contributed by atoms with Crippen LogP contribution in [0.25, 0.3) is 11.3 Å². The number of hydrogen-bond donors (Lipinski definition) is 0. The average Bonchev–Trinajstić information content (AvgIpc) is 2.27. The Morgan fingerprint density at radius 3 is 2.41 bits per heavy atom. The normalized spacial score (nSPS) is 10.6. The van der Waals surface area contributed by atoms with E-state index in [1.54, 1.807) is 12.1 Å². The lowest BCUT2D eigenvalue weighted by atomic mass is 10.1. The highest BCUT2D eigenvalue weighted by molar-refractivity contribution is 6.45. The van der Waals surface area contributed by atoms with Gasteiger partial charge in [0.2, 0.25) is 0 Å². The van der Waals surface area contributed by atoms with Crippen molar-refractivity contribution in [3.05, 3.63) is 50.6 Å². The molecule has 0 aliphatic rings. The van der Waals surface area contributed by atoms with Gasteiger partial charge in [-0.15, -0.1) is 0 Å². The lowest BCUT2D eigenvalue weighted by Crippen LogP contribution is -1.92. The van der Waals surface area contributed by atoms with Crippen LogP contribution in [0, 0.1) is 13.8 Å². The van der Waals surface area contributed by atoms with Crippen LogP contribution in [0.15, 0.2) is 24.3 Å². The Morgan fingerprint density at radius 1 is 1.00 bits per heavy atom. The first-order valence-electron chi connectivity index (χ1n) is 5.08. The predicted octanol–water partition coefficient (Wildman–Crippen LogP) is 5.33. The van der Waals surface area contributed by atoms with E-state index in [0.29, 0.717) is 15.1 Å². The quantitative estimate of drug-likeness (QED) is 0.646. The minimum absolute atomic E-state index is 0.442. The molecule has 0 bridgehead atoms. The largest absolute Gasteiger partial charge is 0.253 e. The van der Waals surface area contributed by atoms with Crippen LogP contribution in [-0.4, -0.2) is 4.98 Å². The number of rotatable bonds is 1. The first kappa shape index (κ1) is 12.7. The number of benzene rings is 1. The summed E-state index contributed by atoms with van der Waals surface area (Å²) in [5.41, 5.74) is 3.55. The maximum absolute atomic E-state index is 6.19. The van der Waals surface area contributed by atoms with Crippen molar-refractivity contribution in [1.82, 2.24) is 4.98 Å². The maximum atomic E-state index is 6.19. The molecule has 2 aromatic rings. The molecular weight excluding hydrogens is 277 g/mol. The fourth-order valence-corrected chi connectivity index (χ4v) is 2.32. The van der Waals surface area contributed by atoms with Crippen LogP contribution in [-0.2, 0) is 0 Å². The van der Waals surface area contributed by atoms with Gasteiger partial charge in [0.1, 0.15) is 0 Å². The van der Waals surface area contributed by atoms with Gasteiger partial charge in [-0.1, -0.05) is 40.9 Å². The Hall–Kier alpha value is -0.760. The van der Waals surface area contributed by atoms with E-state index < -0.39 is 0 Å². The summed E-state index contributed by atoms with van der Waals surface area (Å²) in [6.45, 7) is 3.91. The second-order valence-corrected chi connectivity index (χ2v) is 5.09. The number of aryl methyl sites for hydroxylation is 2. The lowest BCUT2D eigenvalue weighted by molar-refractivity contribution is 1.18. The standard InChI is InChI=1S/C13H10Cl3N/c1-7-3-4-8(2)17-13(7)10-5-9(14)6-11(15)12(10)16/h3-6H,1-2H3. The SMILES string of the molecule is Cc1ccc(C)c(-c2cc(Cl)cc(Cl)c2Cl)n1. The number of nitrogens with zero attached hydrogens (tertiary/aromatic N) is 1. The molecule has 0 unspecified atom stereocenters. The van der Waals surface area contributed by atoms with Gasteiger partial charge < -0.3 is 0 Å². The Balaban J connectivity index is 2.72. The second-order valence-electron chi connectivity index (χ2n) is 3.87. The van der Waals surface area contributed by atoms with Crippen molar-refractivity contribution in [3.63, 3.8) is 0 Å². The Kier molecular flexibility index (Phi) is 3.62. The monoisotopic (exact) mass is 285 g/mol. The molecule has 0 aliphatic heterocycles. The highest BCUT2D eigenvalue weighted by atomic mass is 35.5. The first-order valence-corrected chi connectivity index (χ1v) is 6.21. The van der Waals surface area contributed by atoms with E-state index >= 15 is 0 Å². The summed E-state index contributed by atoms with van der Waals surface area (Å²) in [4.78, 5) is 4.48. The predicted molar refractivity (Wildman–Crippen MR) is 74.2 cm³/mol. The molecule has 0 aliphatic carbocycles. The van der Waals surface area contributed by atoms with Gasteiger partial charge in [-0.3, -0.25) is 4.98 Å². The van der Waals surface area contributed by atoms with E-state index in [9.17, 15) is 0 Å². The molecule has 0 atom stereocenters. The molecule has 17 heavy (non-hydrogen) atoms. The third kappa shape index (κ3) is 2.57. The zero-order chi connectivity index (χ0) is 12.6. The zero-order valence-corrected chi connectivity index (χ0v) is 11.7. The van der Waals surface area contributed by atoms with Crippen LogP contribution in [0.4, 0.5) is 0 Å². The molecule has 0 saturated heterocycles. The van der Waals surface area contributed by atoms with E-state index in [1.165, 1.54) is 0 Å². The van der Waals surface area contributed by atoms with Crippen molar-refractivity contribution in [2.45, 2.75) is 13.8 Å². The van der Waals surface area contributed by atoms with E-state index in [2.05, 4.69) is 4.98 Å². The minimum Gasteiger partial charge on any atom is -0.253 e. The first-order chi connectivity index (χ1) is 7.99. The van der Waals surface area contributed by atoms with Crippen molar-refractivity contribution in [3.8, 4) is 11.3 Å². The van der Waals surface area contributed by atoms with Gasteiger partial charge in [-0.2, -0.15) is 0 Å². The van der Waals surface area contributed by atoms with Crippen molar-refractivity contribution in [1.29, 1.82) is 0 Å². The van der Waals surface area contributed by atoms with Gasteiger partial charge in [0.05, 0.1) is 15.7 Å². The molecular formula is C13H10Cl3N. The molecule has 1 aromatic heterocycles. The molecule has 0 fully saturated rings. The third-order valence-electron chi connectivity index (χ3n) is 2.48. The summed E-state index contributed by atoms with van der Waals surface area (Å²) in [5, 5.41) is 1.48. The van der Waals surface area contributed by atoms with E-state index in [0.717, 1.165) is 22.5 Å². The van der Waals surface area contributed by atoms with Crippen molar-refractivity contribution < 1.29 is 0 Å². The van der Waals surface area contributed by atoms with Gasteiger partial charge in [0.15, 0.2) is 0 Å². The molecule has 1 heterocycles. The summed E-state index contributed by atoms with van der Waals surface area (Å²) in [6, 6.07) is 7.37. The summed E-state index contributed by atoms with van der Waals surface area (Å²) in [6.07, 6.45) is 0. The molecule has 0 N–H and O–H groups in total. The van der Waals surface area contributed by atoms with Crippen LogP contribution >= 0.6 is 34.8 Å². The van der Waals surface area contributed by atoms with Crippen LogP contribution < -0.4 is 0 Å². The van der Waals surface area contributed by atoms with Gasteiger partial charge in [-0.25, -0.2) is 0 Å². The molecule has 1 aromatic carbocycles. The molecule has 4 heteroatoms. The number of hydrogen-bond acceptors (Lipinski definition) is 1. The summed E-state index contributed by atoms with van der Waals surface area (Å²) in [5.74, 6) is 0. The van der Waals surface area contributed by atoms with Gasteiger partial charge in [0.25, 0.3) is 0 Å². The third-order valence-corrected chi connectivity index (χ3v) is 3.50. The van der Waals surface area contributed by atoms with Crippen LogP contribution in [0.1, 0.15) is 11.3 Å². The minimum atomic E-state index is 0.442. The molecule has 1 nitrogen and oxygen atoms in total. The summed E-state index contributed by atoms with van der Waals surface area (Å²) in [7, 11) is 0. The van der Waals surface area contributed by atoms with E-state index in [-0.39, 0.29) is 0 Å². The van der Waals surface area contributed by atoms with E-state index in [1.807, 2.05) is 26.0 Å². The molecule has 0 spiro atoms. The zero-order valence-electron chi connectivity index (χ0n) is 9.39. The summed E-state index contributed by atoms with van der Waals surface area (Å²) >= 11 is 18.2. The van der Waals surface area contributed by atoms with Gasteiger partial charge >= 0.3 is 0 Å². The van der Waals surface area contributed by atoms with E-state index in [4.69, 9.17) is 34.8 Å². The Morgan fingerprint density at radius 2 is 1.71 bits per heavy atom. The van der Waals surface area contributed by atoms with Gasteiger partial charge in [0, 0.05) is 16.3 Å². The molecule has 0 saturated carbocycles. The second kappa shape index (κ2) is 4.85. The van der Waals surface area contributed by atoms with Gasteiger partial charge in [-0.05, 0) is 37.6 Å². The fourth-order valence-electron chi connectivity index (χ4n) is 1.63. The van der Waals surface area contributed by atoms with Crippen LogP contribution in [0.3, 0.4) is 0 Å². The Bertz CT molecular complexity index is 579. The summed E-state index contributed by atoms with van der Waals surface area (Å²) < 4.78 is 0.